The van der Waals surface area contributed by atoms with Gasteiger partial charge < -0.3 is 9.90 Å². The second kappa shape index (κ2) is 15.7. The van der Waals surface area contributed by atoms with Crippen LogP contribution in [0, 0.1) is 0 Å². The number of carbonyl (C=O) groups excluding carboxylic acids is 1. The summed E-state index contributed by atoms with van der Waals surface area (Å²) >= 11 is -2.00. The van der Waals surface area contributed by atoms with Gasteiger partial charge in [-0.25, -0.2) is 0 Å². The summed E-state index contributed by atoms with van der Waals surface area (Å²) in [5, 5.41) is 8.89. The fraction of sp³-hybridized carbons (Fsp3) is 0.500. The Bertz CT molecular complexity index is 82.0. The molecular weight excluding hydrogens is 224 g/mol. The molecule has 0 aliphatic carbocycles. The third-order valence-corrected chi connectivity index (χ3v) is 0. The van der Waals surface area contributed by atoms with E-state index in [1.807, 2.05) is 0 Å². The Labute approximate surface area is 63.0 Å². The minimum absolute atomic E-state index is 0. The van der Waals surface area contributed by atoms with Crippen LogP contribution in [0.3, 0.4) is 0 Å². The van der Waals surface area contributed by atoms with Gasteiger partial charge >= 0.3 is 39.9 Å². The average molecular weight is 227 g/mol. The SMILES string of the molecule is CC(=O)[O-].[Cu+].[O]=[Ge]=[O]. The molecule has 0 fully saturated rings. The van der Waals surface area contributed by atoms with E-state index < -0.39 is 21.3 Å². The van der Waals surface area contributed by atoms with Crippen molar-refractivity contribution in [3.8, 4) is 0 Å². The molecule has 0 aromatic carbocycles. The van der Waals surface area contributed by atoms with Gasteiger partial charge in [0, 0.05) is 5.97 Å². The number of aliphatic carboxylic acids is 1. The van der Waals surface area contributed by atoms with Crippen LogP contribution in [0.15, 0.2) is 0 Å². The molecule has 0 spiro atoms. The Morgan fingerprint density at radius 2 is 1.50 bits per heavy atom. The molecule has 0 aliphatic heterocycles. The van der Waals surface area contributed by atoms with Crippen molar-refractivity contribution in [2.75, 3.05) is 0 Å². The fourth-order valence-corrected chi connectivity index (χ4v) is 0. The molecule has 0 saturated carbocycles. The Morgan fingerprint density at radius 1 is 1.50 bits per heavy atom. The zero-order valence-corrected chi connectivity index (χ0v) is 6.97. The number of hydrogen-bond donors (Lipinski definition) is 0. The molecule has 6 heteroatoms. The molecule has 4 nitrogen and oxygen atoms in total. The van der Waals surface area contributed by atoms with Gasteiger partial charge in [-0.1, -0.05) is 0 Å². The summed E-state index contributed by atoms with van der Waals surface area (Å²) in [6.07, 6.45) is 0. The van der Waals surface area contributed by atoms with Crippen LogP contribution in [-0.2, 0) is 29.4 Å². The van der Waals surface area contributed by atoms with Crippen molar-refractivity contribution in [1.29, 1.82) is 0 Å². The molecule has 0 saturated heterocycles. The third-order valence-electron chi connectivity index (χ3n) is 0. The van der Waals surface area contributed by atoms with Crippen molar-refractivity contribution >= 4 is 21.3 Å². The molecule has 0 amide bonds. The zero-order valence-electron chi connectivity index (χ0n) is 3.93. The molecule has 0 N–H and O–H groups in total. The molecule has 0 rings (SSSR count). The van der Waals surface area contributed by atoms with Crippen LogP contribution in [0.25, 0.3) is 0 Å². The second-order valence-electron chi connectivity index (χ2n) is 0.575. The van der Waals surface area contributed by atoms with Gasteiger partial charge in [0.05, 0.1) is 0 Å². The van der Waals surface area contributed by atoms with E-state index in [1.165, 1.54) is 0 Å². The van der Waals surface area contributed by atoms with Crippen molar-refractivity contribution in [3.05, 3.63) is 0 Å². The molecule has 8 heavy (non-hydrogen) atoms. The van der Waals surface area contributed by atoms with Crippen LogP contribution in [0.1, 0.15) is 6.92 Å². The first-order chi connectivity index (χ1) is 3.15. The number of carboxylic acids is 1. The van der Waals surface area contributed by atoms with Crippen molar-refractivity contribution < 1.29 is 34.5 Å². The van der Waals surface area contributed by atoms with E-state index in [1.54, 1.807) is 0 Å². The Kier molecular flexibility index (Phi) is 30.8. The van der Waals surface area contributed by atoms with E-state index in [4.69, 9.17) is 17.5 Å². The summed E-state index contributed by atoms with van der Waals surface area (Å²) in [7, 11) is 0. The summed E-state index contributed by atoms with van der Waals surface area (Å²) in [6.45, 7) is 0.972. The van der Waals surface area contributed by atoms with E-state index in [9.17, 15) is 0 Å². The van der Waals surface area contributed by atoms with E-state index >= 15 is 0 Å². The maximum atomic E-state index is 8.89. The van der Waals surface area contributed by atoms with E-state index in [0.29, 0.717) is 0 Å². The monoisotopic (exact) mass is 228 g/mol. The minimum atomic E-state index is -2.00. The Balaban J connectivity index is -0.0000000575. The first kappa shape index (κ1) is 15.7. The maximum absolute atomic E-state index is 8.89. The van der Waals surface area contributed by atoms with Gasteiger partial charge in [-0.15, -0.1) is 0 Å². The number of rotatable bonds is 0. The molecule has 0 aromatic rings. The van der Waals surface area contributed by atoms with Crippen molar-refractivity contribution in [2.24, 2.45) is 0 Å². The molecular formula is C2H3CuGeO4. The average Bonchev–Trinajstić information content (AvgIpc) is 1.33. The summed E-state index contributed by atoms with van der Waals surface area (Å²) in [4.78, 5) is 8.89. The topological polar surface area (TPSA) is 74.3 Å². The zero-order chi connectivity index (χ0) is 6.28. The summed E-state index contributed by atoms with van der Waals surface area (Å²) in [6, 6.07) is 0. The second-order valence-corrected chi connectivity index (χ2v) is 0.925. The molecule has 0 atom stereocenters. The molecule has 0 aromatic heterocycles. The number of carbonyl (C=O) groups is 1. The molecule has 50 valence electrons. The van der Waals surface area contributed by atoms with E-state index in [2.05, 4.69) is 0 Å². The molecule has 0 bridgehead atoms. The Hall–Kier alpha value is 0.132. The summed E-state index contributed by atoms with van der Waals surface area (Å²) < 4.78 is 17.0. The van der Waals surface area contributed by atoms with Gasteiger partial charge in [-0.05, 0) is 6.92 Å². The van der Waals surface area contributed by atoms with E-state index in [-0.39, 0.29) is 17.1 Å². The molecule has 0 radical (unpaired) electrons. The van der Waals surface area contributed by atoms with Gasteiger partial charge in [0.1, 0.15) is 0 Å². The third kappa shape index (κ3) is 9220. The van der Waals surface area contributed by atoms with Crippen LogP contribution >= 0.6 is 0 Å². The first-order valence-electron chi connectivity index (χ1n) is 1.32. The van der Waals surface area contributed by atoms with Gasteiger partial charge in [0.25, 0.3) is 0 Å². The van der Waals surface area contributed by atoms with Crippen LogP contribution in [0.5, 0.6) is 0 Å². The predicted molar refractivity (Wildman–Crippen MR) is 17.8 cm³/mol. The van der Waals surface area contributed by atoms with Gasteiger partial charge in [-0.2, -0.15) is 0 Å². The number of hydrogen-bond acceptors (Lipinski definition) is 4. The Morgan fingerprint density at radius 3 is 1.50 bits per heavy atom. The van der Waals surface area contributed by atoms with Crippen LogP contribution in [-0.4, -0.2) is 21.3 Å². The van der Waals surface area contributed by atoms with Crippen LogP contribution in [0.2, 0.25) is 0 Å². The molecule has 0 heterocycles. The van der Waals surface area contributed by atoms with Crippen molar-refractivity contribution in [1.82, 2.24) is 0 Å². The van der Waals surface area contributed by atoms with Gasteiger partial charge in [0.15, 0.2) is 0 Å². The van der Waals surface area contributed by atoms with Crippen molar-refractivity contribution in [3.63, 3.8) is 0 Å². The fourth-order valence-electron chi connectivity index (χ4n) is 0. The van der Waals surface area contributed by atoms with Gasteiger partial charge in [0.2, 0.25) is 0 Å². The predicted octanol–water partition coefficient (Wildman–Crippen LogP) is -1.86. The molecule has 0 aliphatic rings. The summed E-state index contributed by atoms with van der Waals surface area (Å²) in [5.74, 6) is -1.08. The number of carboxylic acid groups (broad SMARTS) is 1. The van der Waals surface area contributed by atoms with Crippen LogP contribution in [0.4, 0.5) is 0 Å². The van der Waals surface area contributed by atoms with Gasteiger partial charge in [-0.3, -0.25) is 0 Å². The van der Waals surface area contributed by atoms with Crippen molar-refractivity contribution in [2.45, 2.75) is 6.92 Å². The normalized spacial score (nSPS) is 4.12. The quantitative estimate of drug-likeness (QED) is 0.455. The first-order valence-corrected chi connectivity index (χ1v) is 3.03. The van der Waals surface area contributed by atoms with E-state index in [0.717, 1.165) is 6.92 Å². The molecule has 0 unspecified atom stereocenters. The standard InChI is InChI=1S/C2H4O2.Cu.GeO2/c1-2(3)4;;2-1-3/h1H3,(H,3,4);;/q;+1;/p-1. The van der Waals surface area contributed by atoms with Crippen LogP contribution < -0.4 is 5.11 Å². The summed E-state index contributed by atoms with van der Waals surface area (Å²) in [5.41, 5.74) is 0.